The molecule has 2 aromatic carbocycles. The van der Waals surface area contributed by atoms with Crippen LogP contribution in [0.4, 0.5) is 0 Å². The van der Waals surface area contributed by atoms with Crippen molar-refractivity contribution >= 4 is 5.78 Å². The van der Waals surface area contributed by atoms with Crippen molar-refractivity contribution in [3.63, 3.8) is 0 Å². The Morgan fingerprint density at radius 3 is 2.10 bits per heavy atom. The van der Waals surface area contributed by atoms with Gasteiger partial charge in [-0.25, -0.2) is 0 Å². The third kappa shape index (κ3) is 5.92. The maximum Gasteiger partial charge on any atom is 0.135 e. The average molecular weight is 282 g/mol. The van der Waals surface area contributed by atoms with Crippen LogP contribution in [0.2, 0.25) is 0 Å². The van der Waals surface area contributed by atoms with Crippen LogP contribution in [-0.4, -0.2) is 17.0 Å². The Balaban J connectivity index is 1.67. The highest BCUT2D eigenvalue weighted by atomic mass is 16.3. The Kier molecular flexibility index (Phi) is 6.17. The van der Waals surface area contributed by atoms with Crippen LogP contribution in [-0.2, 0) is 17.6 Å². The minimum atomic E-state index is -0.573. The van der Waals surface area contributed by atoms with Crippen LogP contribution in [0, 0.1) is 0 Å². The van der Waals surface area contributed by atoms with Crippen molar-refractivity contribution in [1.82, 2.24) is 0 Å². The van der Waals surface area contributed by atoms with Gasteiger partial charge in [-0.2, -0.15) is 0 Å². The molecular formula is C19H22O2. The first-order chi connectivity index (χ1) is 10.2. The van der Waals surface area contributed by atoms with Crippen molar-refractivity contribution in [3.05, 3.63) is 71.8 Å². The fourth-order valence-electron chi connectivity index (χ4n) is 2.46. The Bertz CT molecular complexity index is 534. The van der Waals surface area contributed by atoms with Crippen molar-refractivity contribution in [2.75, 3.05) is 0 Å². The van der Waals surface area contributed by atoms with E-state index in [1.165, 1.54) is 5.56 Å². The summed E-state index contributed by atoms with van der Waals surface area (Å²) in [5.41, 5.74) is 2.33. The van der Waals surface area contributed by atoms with Gasteiger partial charge in [0.1, 0.15) is 5.78 Å². The SMILES string of the molecule is O=C(CCCc1ccccc1)CC(O)Cc1ccccc1. The highest BCUT2D eigenvalue weighted by molar-refractivity contribution is 5.78. The molecule has 0 saturated heterocycles. The van der Waals surface area contributed by atoms with E-state index < -0.39 is 6.10 Å². The summed E-state index contributed by atoms with van der Waals surface area (Å²) < 4.78 is 0. The van der Waals surface area contributed by atoms with Crippen molar-refractivity contribution in [1.29, 1.82) is 0 Å². The molecule has 2 rings (SSSR count). The zero-order valence-corrected chi connectivity index (χ0v) is 12.2. The summed E-state index contributed by atoms with van der Waals surface area (Å²) in [4.78, 5) is 11.9. The normalized spacial score (nSPS) is 12.0. The molecule has 1 unspecified atom stereocenters. The zero-order valence-electron chi connectivity index (χ0n) is 12.2. The van der Waals surface area contributed by atoms with Crippen molar-refractivity contribution in [2.45, 2.75) is 38.2 Å². The number of rotatable bonds is 8. The van der Waals surface area contributed by atoms with E-state index >= 15 is 0 Å². The lowest BCUT2D eigenvalue weighted by Crippen LogP contribution is -2.16. The average Bonchev–Trinajstić information content (AvgIpc) is 2.49. The molecular weight excluding hydrogens is 260 g/mol. The number of carbonyl (C=O) groups excluding carboxylic acids is 1. The maximum atomic E-state index is 11.9. The number of aliphatic hydroxyl groups is 1. The van der Waals surface area contributed by atoms with Crippen LogP contribution >= 0.6 is 0 Å². The standard InChI is InChI=1S/C19H22O2/c20-18(13-7-12-16-8-3-1-4-9-16)15-19(21)14-17-10-5-2-6-11-17/h1-6,8-11,19,21H,7,12-15H2. The molecule has 1 N–H and O–H groups in total. The molecule has 2 heteroatoms. The quantitative estimate of drug-likeness (QED) is 0.803. The van der Waals surface area contributed by atoms with Gasteiger partial charge in [0, 0.05) is 12.8 Å². The molecule has 0 aliphatic carbocycles. The maximum absolute atomic E-state index is 11.9. The highest BCUT2D eigenvalue weighted by Crippen LogP contribution is 2.10. The molecule has 21 heavy (non-hydrogen) atoms. The van der Waals surface area contributed by atoms with Gasteiger partial charge in [-0.3, -0.25) is 4.79 Å². The molecule has 0 aliphatic rings. The summed E-state index contributed by atoms with van der Waals surface area (Å²) in [5.74, 6) is 0.148. The first-order valence-electron chi connectivity index (χ1n) is 7.51. The first-order valence-corrected chi connectivity index (χ1v) is 7.51. The Morgan fingerprint density at radius 1 is 0.905 bits per heavy atom. The molecule has 2 nitrogen and oxygen atoms in total. The van der Waals surface area contributed by atoms with Gasteiger partial charge in [0.15, 0.2) is 0 Å². The van der Waals surface area contributed by atoms with Crippen molar-refractivity contribution in [2.24, 2.45) is 0 Å². The van der Waals surface area contributed by atoms with Gasteiger partial charge < -0.3 is 5.11 Å². The topological polar surface area (TPSA) is 37.3 Å². The molecule has 0 bridgehead atoms. The number of carbonyl (C=O) groups is 1. The monoisotopic (exact) mass is 282 g/mol. The van der Waals surface area contributed by atoms with E-state index in [0.717, 1.165) is 18.4 Å². The Morgan fingerprint density at radius 2 is 1.48 bits per heavy atom. The summed E-state index contributed by atoms with van der Waals surface area (Å²) in [6, 6.07) is 20.0. The van der Waals surface area contributed by atoms with E-state index in [1.807, 2.05) is 48.5 Å². The minimum Gasteiger partial charge on any atom is -0.392 e. The molecule has 0 spiro atoms. The summed E-state index contributed by atoms with van der Waals surface area (Å²) in [7, 11) is 0. The Labute approximate surface area is 126 Å². The van der Waals surface area contributed by atoms with E-state index in [2.05, 4.69) is 12.1 Å². The lowest BCUT2D eigenvalue weighted by atomic mass is 10.0. The zero-order chi connectivity index (χ0) is 14.9. The number of hydrogen-bond acceptors (Lipinski definition) is 2. The third-order valence-electron chi connectivity index (χ3n) is 3.54. The molecule has 1 atom stereocenters. The summed E-state index contributed by atoms with van der Waals surface area (Å²) in [6.45, 7) is 0. The van der Waals surface area contributed by atoms with Crippen LogP contribution in [0.5, 0.6) is 0 Å². The molecule has 0 fully saturated rings. The van der Waals surface area contributed by atoms with E-state index in [9.17, 15) is 9.90 Å². The largest absolute Gasteiger partial charge is 0.392 e. The number of ketones is 1. The second kappa shape index (κ2) is 8.38. The van der Waals surface area contributed by atoms with E-state index in [1.54, 1.807) is 0 Å². The van der Waals surface area contributed by atoms with Gasteiger partial charge >= 0.3 is 0 Å². The number of aliphatic hydroxyl groups excluding tert-OH is 1. The molecule has 2 aromatic rings. The Hall–Kier alpha value is -1.93. The number of aryl methyl sites for hydroxylation is 1. The molecule has 110 valence electrons. The lowest BCUT2D eigenvalue weighted by Gasteiger charge is -2.10. The third-order valence-corrected chi connectivity index (χ3v) is 3.54. The van der Waals surface area contributed by atoms with Gasteiger partial charge in [-0.05, 0) is 30.4 Å². The summed E-state index contributed by atoms with van der Waals surface area (Å²) in [6.07, 6.45) is 2.54. The molecule has 0 amide bonds. The second-order valence-corrected chi connectivity index (χ2v) is 5.43. The first kappa shape index (κ1) is 15.5. The lowest BCUT2D eigenvalue weighted by molar-refractivity contribution is -0.121. The molecule has 0 radical (unpaired) electrons. The summed E-state index contributed by atoms with van der Waals surface area (Å²) >= 11 is 0. The molecule has 0 heterocycles. The number of Topliss-reactive ketones (excluding diaryl/α,β-unsaturated/α-hetero) is 1. The van der Waals surface area contributed by atoms with Crippen molar-refractivity contribution in [3.8, 4) is 0 Å². The van der Waals surface area contributed by atoms with Gasteiger partial charge in [0.25, 0.3) is 0 Å². The predicted octanol–water partition coefficient (Wildman–Crippen LogP) is 3.57. The van der Waals surface area contributed by atoms with Crippen molar-refractivity contribution < 1.29 is 9.90 Å². The number of hydrogen-bond donors (Lipinski definition) is 1. The molecule has 0 aliphatic heterocycles. The fraction of sp³-hybridized carbons (Fsp3) is 0.316. The fourth-order valence-corrected chi connectivity index (χ4v) is 2.46. The number of benzene rings is 2. The van der Waals surface area contributed by atoms with Crippen LogP contribution in [0.3, 0.4) is 0 Å². The highest BCUT2D eigenvalue weighted by Gasteiger charge is 2.11. The van der Waals surface area contributed by atoms with Gasteiger partial charge in [-0.15, -0.1) is 0 Å². The van der Waals surface area contributed by atoms with Gasteiger partial charge in [0.2, 0.25) is 0 Å². The van der Waals surface area contributed by atoms with E-state index in [0.29, 0.717) is 12.8 Å². The smallest absolute Gasteiger partial charge is 0.135 e. The van der Waals surface area contributed by atoms with Crippen LogP contribution in [0.25, 0.3) is 0 Å². The van der Waals surface area contributed by atoms with E-state index in [4.69, 9.17) is 0 Å². The van der Waals surface area contributed by atoms with Gasteiger partial charge in [-0.1, -0.05) is 60.7 Å². The van der Waals surface area contributed by atoms with Gasteiger partial charge in [0.05, 0.1) is 6.10 Å². The second-order valence-electron chi connectivity index (χ2n) is 5.43. The van der Waals surface area contributed by atoms with E-state index in [-0.39, 0.29) is 12.2 Å². The minimum absolute atomic E-state index is 0.148. The summed E-state index contributed by atoms with van der Waals surface area (Å²) in [5, 5.41) is 9.97. The molecule has 0 aromatic heterocycles. The predicted molar refractivity (Wildman–Crippen MR) is 85.2 cm³/mol. The molecule has 0 saturated carbocycles. The van der Waals surface area contributed by atoms with Crippen LogP contribution in [0.15, 0.2) is 60.7 Å². The van der Waals surface area contributed by atoms with Crippen LogP contribution in [0.1, 0.15) is 30.4 Å². The van der Waals surface area contributed by atoms with Crippen LogP contribution < -0.4 is 0 Å².